The fraction of sp³-hybridized carbons (Fsp3) is 0.250. The summed E-state index contributed by atoms with van der Waals surface area (Å²) < 4.78 is 2.79. The lowest BCUT2D eigenvalue weighted by Gasteiger charge is -2.04. The van der Waals surface area contributed by atoms with Crippen molar-refractivity contribution in [3.05, 3.63) is 44.2 Å². The van der Waals surface area contributed by atoms with Crippen LogP contribution in [-0.2, 0) is 13.6 Å². The van der Waals surface area contributed by atoms with E-state index in [0.29, 0.717) is 5.82 Å². The number of hydrogen-bond donors (Lipinski definition) is 1. The molecule has 8 heteroatoms. The maximum absolute atomic E-state index is 11.4. The first-order valence-corrected chi connectivity index (χ1v) is 4.78. The lowest BCUT2D eigenvalue weighted by molar-refractivity contribution is 0.628. The van der Waals surface area contributed by atoms with Gasteiger partial charge >= 0.3 is 5.69 Å². The molecule has 0 atom stereocenters. The second-order valence-electron chi connectivity index (χ2n) is 3.16. The molecular weight excluding hydrogens is 234 g/mol. The molecule has 0 aliphatic rings. The number of rotatable bonds is 2. The van der Waals surface area contributed by atoms with Gasteiger partial charge < -0.3 is 0 Å². The number of H-pyrrole nitrogens is 1. The summed E-state index contributed by atoms with van der Waals surface area (Å²) in [4.78, 5) is 28.5. The van der Waals surface area contributed by atoms with E-state index in [0.717, 1.165) is 0 Å². The maximum atomic E-state index is 11.4. The van der Waals surface area contributed by atoms with Gasteiger partial charge in [0.05, 0.1) is 6.54 Å². The van der Waals surface area contributed by atoms with Crippen LogP contribution in [0.25, 0.3) is 0 Å². The molecule has 0 saturated heterocycles. The van der Waals surface area contributed by atoms with Crippen LogP contribution in [0.3, 0.4) is 0 Å². The highest BCUT2D eigenvalue weighted by atomic mass is 35.5. The van der Waals surface area contributed by atoms with Crippen LogP contribution in [0.2, 0.25) is 5.02 Å². The molecule has 2 heterocycles. The van der Waals surface area contributed by atoms with Crippen LogP contribution in [0.5, 0.6) is 0 Å². The third-order valence-corrected chi connectivity index (χ3v) is 2.35. The Balaban J connectivity index is 2.43. The Morgan fingerprint density at radius 3 is 2.88 bits per heavy atom. The first kappa shape index (κ1) is 10.6. The zero-order valence-electron chi connectivity index (χ0n) is 8.35. The van der Waals surface area contributed by atoms with E-state index in [-0.39, 0.29) is 11.6 Å². The molecule has 7 nitrogen and oxygen atoms in total. The number of aryl methyl sites for hydroxylation is 1. The van der Waals surface area contributed by atoms with E-state index < -0.39 is 11.2 Å². The predicted molar refractivity (Wildman–Crippen MR) is 56.4 cm³/mol. The van der Waals surface area contributed by atoms with Gasteiger partial charge in [-0.25, -0.2) is 9.78 Å². The van der Waals surface area contributed by atoms with E-state index in [1.807, 2.05) is 0 Å². The first-order chi connectivity index (χ1) is 7.58. The van der Waals surface area contributed by atoms with Crippen molar-refractivity contribution in [1.29, 1.82) is 0 Å². The first-order valence-electron chi connectivity index (χ1n) is 4.40. The Kier molecular flexibility index (Phi) is 2.61. The lowest BCUT2D eigenvalue weighted by Crippen LogP contribution is -2.30. The van der Waals surface area contributed by atoms with Crippen LogP contribution in [0.4, 0.5) is 0 Å². The molecular formula is C8H8ClN5O2. The Bertz CT molecular complexity index is 626. The molecule has 0 saturated carbocycles. The molecule has 0 amide bonds. The van der Waals surface area contributed by atoms with Gasteiger partial charge in [-0.3, -0.25) is 19.0 Å². The molecule has 84 valence electrons. The van der Waals surface area contributed by atoms with Gasteiger partial charge in [0.25, 0.3) is 5.56 Å². The van der Waals surface area contributed by atoms with Crippen LogP contribution < -0.4 is 11.2 Å². The van der Waals surface area contributed by atoms with Gasteiger partial charge in [-0.15, -0.1) is 0 Å². The number of hydrogen-bond acceptors (Lipinski definition) is 4. The van der Waals surface area contributed by atoms with Gasteiger partial charge in [-0.1, -0.05) is 11.6 Å². The number of aromatic amines is 1. The van der Waals surface area contributed by atoms with Gasteiger partial charge in [0.1, 0.15) is 17.2 Å². The van der Waals surface area contributed by atoms with Crippen LogP contribution in [0, 0.1) is 0 Å². The largest absolute Gasteiger partial charge is 0.328 e. The van der Waals surface area contributed by atoms with E-state index in [2.05, 4.69) is 15.1 Å². The SMILES string of the molecule is Cn1ncnc1Cn1cc(Cl)c(=O)[nH]c1=O. The fourth-order valence-electron chi connectivity index (χ4n) is 1.22. The highest BCUT2D eigenvalue weighted by molar-refractivity contribution is 6.30. The van der Waals surface area contributed by atoms with Crippen molar-refractivity contribution in [2.45, 2.75) is 6.54 Å². The van der Waals surface area contributed by atoms with E-state index in [1.165, 1.54) is 21.8 Å². The van der Waals surface area contributed by atoms with Gasteiger partial charge in [0, 0.05) is 13.2 Å². The van der Waals surface area contributed by atoms with E-state index in [1.54, 1.807) is 7.05 Å². The minimum atomic E-state index is -0.596. The predicted octanol–water partition coefficient (Wildman–Crippen LogP) is -0.633. The van der Waals surface area contributed by atoms with E-state index in [9.17, 15) is 9.59 Å². The minimum Gasteiger partial charge on any atom is -0.291 e. The molecule has 0 fully saturated rings. The number of aromatic nitrogens is 5. The van der Waals surface area contributed by atoms with Crippen molar-refractivity contribution >= 4 is 11.6 Å². The van der Waals surface area contributed by atoms with Gasteiger partial charge in [-0.05, 0) is 0 Å². The summed E-state index contributed by atoms with van der Waals surface area (Å²) in [7, 11) is 1.71. The smallest absolute Gasteiger partial charge is 0.291 e. The van der Waals surface area contributed by atoms with Crippen LogP contribution in [-0.4, -0.2) is 24.3 Å². The number of nitrogens with zero attached hydrogens (tertiary/aromatic N) is 4. The topological polar surface area (TPSA) is 85.6 Å². The molecule has 2 aromatic heterocycles. The molecule has 2 aromatic rings. The third kappa shape index (κ3) is 1.89. The van der Waals surface area contributed by atoms with Crippen LogP contribution in [0.1, 0.15) is 5.82 Å². The summed E-state index contributed by atoms with van der Waals surface area (Å²) in [6.07, 6.45) is 2.66. The molecule has 0 aliphatic carbocycles. The zero-order chi connectivity index (χ0) is 11.7. The Labute approximate surface area is 94.3 Å². The van der Waals surface area contributed by atoms with Crippen LogP contribution in [0.15, 0.2) is 22.1 Å². The maximum Gasteiger partial charge on any atom is 0.328 e. The van der Waals surface area contributed by atoms with Crippen molar-refractivity contribution < 1.29 is 0 Å². The van der Waals surface area contributed by atoms with Crippen molar-refractivity contribution in [2.75, 3.05) is 0 Å². The molecule has 16 heavy (non-hydrogen) atoms. The second kappa shape index (κ2) is 3.93. The molecule has 0 radical (unpaired) electrons. The molecule has 0 spiro atoms. The Hall–Kier alpha value is -1.89. The highest BCUT2D eigenvalue weighted by Crippen LogP contribution is 1.98. The van der Waals surface area contributed by atoms with Gasteiger partial charge in [-0.2, -0.15) is 5.10 Å². The minimum absolute atomic E-state index is 0.0400. The summed E-state index contributed by atoms with van der Waals surface area (Å²) in [5.41, 5.74) is -1.13. The van der Waals surface area contributed by atoms with Gasteiger partial charge in [0.15, 0.2) is 0 Å². The summed E-state index contributed by atoms with van der Waals surface area (Å²) in [5, 5.41) is 3.83. The zero-order valence-corrected chi connectivity index (χ0v) is 9.10. The van der Waals surface area contributed by atoms with Gasteiger partial charge in [0.2, 0.25) is 0 Å². The van der Waals surface area contributed by atoms with E-state index in [4.69, 9.17) is 11.6 Å². The molecule has 0 unspecified atom stereocenters. The number of halogens is 1. The second-order valence-corrected chi connectivity index (χ2v) is 3.57. The lowest BCUT2D eigenvalue weighted by atomic mass is 10.5. The summed E-state index contributed by atoms with van der Waals surface area (Å²) in [6.45, 7) is 0.200. The van der Waals surface area contributed by atoms with Crippen molar-refractivity contribution in [2.24, 2.45) is 7.05 Å². The quantitative estimate of drug-likeness (QED) is 0.758. The Morgan fingerprint density at radius 1 is 1.50 bits per heavy atom. The highest BCUT2D eigenvalue weighted by Gasteiger charge is 2.06. The Morgan fingerprint density at radius 2 is 2.25 bits per heavy atom. The molecule has 1 N–H and O–H groups in total. The summed E-state index contributed by atoms with van der Waals surface area (Å²) in [6, 6.07) is 0. The molecule has 0 aliphatic heterocycles. The molecule has 0 bridgehead atoms. The average molecular weight is 242 g/mol. The molecule has 0 aromatic carbocycles. The van der Waals surface area contributed by atoms with Crippen molar-refractivity contribution in [3.8, 4) is 0 Å². The standard InChI is InChI=1S/C8H8ClN5O2/c1-13-6(10-4-11-13)3-14-2-5(9)7(15)12-8(14)16/h2,4H,3H2,1H3,(H,12,15,16). The van der Waals surface area contributed by atoms with Crippen LogP contribution >= 0.6 is 11.6 Å². The normalized spacial score (nSPS) is 10.6. The summed E-state index contributed by atoms with van der Waals surface area (Å²) >= 11 is 5.62. The molecule has 2 rings (SSSR count). The fourth-order valence-corrected chi connectivity index (χ4v) is 1.38. The van der Waals surface area contributed by atoms with Crippen molar-refractivity contribution in [3.63, 3.8) is 0 Å². The summed E-state index contributed by atoms with van der Waals surface area (Å²) in [5.74, 6) is 0.588. The third-order valence-electron chi connectivity index (χ3n) is 2.08. The van der Waals surface area contributed by atoms with E-state index >= 15 is 0 Å². The monoisotopic (exact) mass is 241 g/mol. The number of nitrogens with one attached hydrogen (secondary N) is 1. The average Bonchev–Trinajstić information content (AvgIpc) is 2.61. The van der Waals surface area contributed by atoms with Crippen molar-refractivity contribution in [1.82, 2.24) is 24.3 Å².